The van der Waals surface area contributed by atoms with Gasteiger partial charge in [0.1, 0.15) is 11.6 Å². The summed E-state index contributed by atoms with van der Waals surface area (Å²) < 4.78 is 20.3. The van der Waals surface area contributed by atoms with Gasteiger partial charge in [0.2, 0.25) is 0 Å². The van der Waals surface area contributed by atoms with Gasteiger partial charge in [-0.05, 0) is 31.3 Å². The van der Waals surface area contributed by atoms with Crippen LogP contribution in [0.15, 0.2) is 36.4 Å². The van der Waals surface area contributed by atoms with E-state index in [2.05, 4.69) is 17.3 Å². The first-order chi connectivity index (χ1) is 13.5. The van der Waals surface area contributed by atoms with Crippen LogP contribution in [0.1, 0.15) is 28.4 Å². The van der Waals surface area contributed by atoms with E-state index in [1.165, 1.54) is 6.07 Å². The second kappa shape index (κ2) is 7.97. The lowest BCUT2D eigenvalue weighted by atomic mass is 10.00. The predicted molar refractivity (Wildman–Crippen MR) is 108 cm³/mol. The molecule has 28 heavy (non-hydrogen) atoms. The lowest BCUT2D eigenvalue weighted by Crippen LogP contribution is -2.44. The molecule has 0 bridgehead atoms. The van der Waals surface area contributed by atoms with E-state index in [1.54, 1.807) is 18.2 Å². The zero-order valence-corrected chi connectivity index (χ0v) is 16.5. The summed E-state index contributed by atoms with van der Waals surface area (Å²) in [5.41, 5.74) is 1.71. The van der Waals surface area contributed by atoms with Gasteiger partial charge in [0.25, 0.3) is 5.91 Å². The number of halogens is 2. The minimum absolute atomic E-state index is 0.213. The van der Waals surface area contributed by atoms with Crippen molar-refractivity contribution in [3.63, 3.8) is 0 Å². The molecule has 2 aromatic carbocycles. The van der Waals surface area contributed by atoms with Crippen LogP contribution in [0.4, 0.5) is 10.1 Å². The zero-order chi connectivity index (χ0) is 19.7. The highest BCUT2D eigenvalue weighted by Gasteiger charge is 2.25. The van der Waals surface area contributed by atoms with Crippen molar-refractivity contribution in [3.8, 4) is 5.75 Å². The molecular weight excluding hydrogens is 381 g/mol. The Morgan fingerprint density at radius 1 is 1.21 bits per heavy atom. The van der Waals surface area contributed by atoms with Gasteiger partial charge in [-0.15, -0.1) is 0 Å². The Kier molecular flexibility index (Phi) is 5.42. The molecule has 0 saturated carbocycles. The molecule has 2 aliphatic heterocycles. The molecule has 2 aromatic rings. The number of nitrogens with one attached hydrogen (secondary N) is 1. The average Bonchev–Trinajstić information content (AvgIpc) is 2.69. The molecule has 0 aromatic heterocycles. The average molecular weight is 404 g/mol. The van der Waals surface area contributed by atoms with Crippen LogP contribution >= 0.6 is 11.6 Å². The first-order valence-corrected chi connectivity index (χ1v) is 9.86. The quantitative estimate of drug-likeness (QED) is 0.852. The van der Waals surface area contributed by atoms with Gasteiger partial charge in [0.05, 0.1) is 23.4 Å². The Bertz CT molecular complexity index is 884. The third-order valence-electron chi connectivity index (χ3n) is 5.38. The molecule has 1 N–H and O–H groups in total. The summed E-state index contributed by atoms with van der Waals surface area (Å²) in [6, 6.07) is 9.98. The first kappa shape index (κ1) is 19.0. The van der Waals surface area contributed by atoms with E-state index in [9.17, 15) is 9.18 Å². The summed E-state index contributed by atoms with van der Waals surface area (Å²) in [6.07, 6.45) is 0.640. The minimum Gasteiger partial charge on any atom is -0.492 e. The summed E-state index contributed by atoms with van der Waals surface area (Å²) in [6.45, 7) is 3.82. The van der Waals surface area contributed by atoms with Gasteiger partial charge in [0.15, 0.2) is 0 Å². The maximum Gasteiger partial charge on any atom is 0.251 e. The number of para-hydroxylation sites is 1. The van der Waals surface area contributed by atoms with Gasteiger partial charge < -0.3 is 19.9 Å². The predicted octanol–water partition coefficient (Wildman–Crippen LogP) is 3.48. The topological polar surface area (TPSA) is 44.8 Å². The highest BCUT2D eigenvalue weighted by molar-refractivity contribution is 6.32. The molecule has 0 aliphatic carbocycles. The summed E-state index contributed by atoms with van der Waals surface area (Å²) >= 11 is 6.19. The zero-order valence-electron chi connectivity index (χ0n) is 15.8. The van der Waals surface area contributed by atoms with E-state index in [0.29, 0.717) is 35.1 Å². The standard InChI is InChI=1S/C21H23ClFN3O2/c1-25-8-10-26(11-9-25)19-6-5-14(13-17(19)23)21(27)24-18-7-12-28-20-15(18)3-2-4-16(20)22/h2-6,13,18H,7-12H2,1H3,(H,24,27). The molecule has 1 unspecified atom stereocenters. The number of benzene rings is 2. The first-order valence-electron chi connectivity index (χ1n) is 9.48. The van der Waals surface area contributed by atoms with Gasteiger partial charge in [-0.3, -0.25) is 4.79 Å². The number of amides is 1. The number of piperazine rings is 1. The Morgan fingerprint density at radius 3 is 2.75 bits per heavy atom. The number of hydrogen-bond acceptors (Lipinski definition) is 4. The van der Waals surface area contributed by atoms with Crippen LogP contribution in [-0.2, 0) is 0 Å². The molecule has 4 rings (SSSR count). The molecule has 1 atom stereocenters. The Hall–Kier alpha value is -2.31. The third kappa shape index (κ3) is 3.80. The van der Waals surface area contributed by atoms with E-state index in [1.807, 2.05) is 17.0 Å². The monoisotopic (exact) mass is 403 g/mol. The third-order valence-corrected chi connectivity index (χ3v) is 5.68. The largest absolute Gasteiger partial charge is 0.492 e. The van der Waals surface area contributed by atoms with Crippen LogP contribution in [0.25, 0.3) is 0 Å². The fourth-order valence-electron chi connectivity index (χ4n) is 3.73. The molecular formula is C21H23ClFN3O2. The van der Waals surface area contributed by atoms with Gasteiger partial charge >= 0.3 is 0 Å². The number of nitrogens with zero attached hydrogens (tertiary/aromatic N) is 2. The number of rotatable bonds is 3. The summed E-state index contributed by atoms with van der Waals surface area (Å²) in [4.78, 5) is 17.0. The number of anilines is 1. The Labute approximate surface area is 169 Å². The molecule has 5 nitrogen and oxygen atoms in total. The van der Waals surface area contributed by atoms with Gasteiger partial charge in [-0.25, -0.2) is 4.39 Å². The normalized spacial score (nSPS) is 19.7. The van der Waals surface area contributed by atoms with E-state index in [4.69, 9.17) is 16.3 Å². The minimum atomic E-state index is -0.368. The van der Waals surface area contributed by atoms with Crippen molar-refractivity contribution < 1.29 is 13.9 Å². The summed E-state index contributed by atoms with van der Waals surface area (Å²) in [5, 5.41) is 3.51. The maximum absolute atomic E-state index is 14.7. The number of likely N-dealkylation sites (N-methyl/N-ethyl adjacent to an activating group) is 1. The van der Waals surface area contributed by atoms with Gasteiger partial charge in [0, 0.05) is 43.7 Å². The van der Waals surface area contributed by atoms with Crippen molar-refractivity contribution in [1.82, 2.24) is 10.2 Å². The van der Waals surface area contributed by atoms with Crippen LogP contribution in [-0.4, -0.2) is 50.6 Å². The van der Waals surface area contributed by atoms with E-state index in [-0.39, 0.29) is 17.8 Å². The van der Waals surface area contributed by atoms with Crippen molar-refractivity contribution in [2.24, 2.45) is 0 Å². The van der Waals surface area contributed by atoms with Crippen molar-refractivity contribution >= 4 is 23.2 Å². The highest BCUT2D eigenvalue weighted by Crippen LogP contribution is 2.37. The number of carbonyl (C=O) groups excluding carboxylic acids is 1. The molecule has 1 amide bonds. The highest BCUT2D eigenvalue weighted by atomic mass is 35.5. The maximum atomic E-state index is 14.7. The van der Waals surface area contributed by atoms with Crippen LogP contribution in [0.2, 0.25) is 5.02 Å². The Balaban J connectivity index is 1.49. The van der Waals surface area contributed by atoms with Crippen LogP contribution in [0.5, 0.6) is 5.75 Å². The van der Waals surface area contributed by atoms with E-state index < -0.39 is 0 Å². The van der Waals surface area contributed by atoms with E-state index in [0.717, 1.165) is 31.7 Å². The van der Waals surface area contributed by atoms with Crippen LogP contribution in [0, 0.1) is 5.82 Å². The molecule has 0 radical (unpaired) electrons. The van der Waals surface area contributed by atoms with Crippen molar-refractivity contribution in [2.45, 2.75) is 12.5 Å². The molecule has 7 heteroatoms. The van der Waals surface area contributed by atoms with Gasteiger partial charge in [-0.2, -0.15) is 0 Å². The number of hydrogen-bond donors (Lipinski definition) is 1. The number of ether oxygens (including phenoxy) is 1. The summed E-state index contributed by atoms with van der Waals surface area (Å²) in [5.74, 6) is -0.0633. The second-order valence-corrected chi connectivity index (χ2v) is 7.69. The number of fused-ring (bicyclic) bond motifs is 1. The molecule has 0 spiro atoms. The molecule has 148 valence electrons. The van der Waals surface area contributed by atoms with Crippen molar-refractivity contribution in [1.29, 1.82) is 0 Å². The lowest BCUT2D eigenvalue weighted by molar-refractivity contribution is 0.0924. The van der Waals surface area contributed by atoms with Crippen LogP contribution in [0.3, 0.4) is 0 Å². The number of carbonyl (C=O) groups is 1. The molecule has 2 heterocycles. The molecule has 2 aliphatic rings. The second-order valence-electron chi connectivity index (χ2n) is 7.28. The van der Waals surface area contributed by atoms with E-state index >= 15 is 0 Å². The van der Waals surface area contributed by atoms with Crippen molar-refractivity contribution in [3.05, 3.63) is 58.4 Å². The lowest BCUT2D eigenvalue weighted by Gasteiger charge is -2.34. The Morgan fingerprint density at radius 2 is 2.00 bits per heavy atom. The fraction of sp³-hybridized carbons (Fsp3) is 0.381. The SMILES string of the molecule is CN1CCN(c2ccc(C(=O)NC3CCOc4c(Cl)cccc43)cc2F)CC1. The smallest absolute Gasteiger partial charge is 0.251 e. The molecule has 1 saturated heterocycles. The van der Waals surface area contributed by atoms with Gasteiger partial charge in [-0.1, -0.05) is 23.7 Å². The summed E-state index contributed by atoms with van der Waals surface area (Å²) in [7, 11) is 2.06. The van der Waals surface area contributed by atoms with Crippen LogP contribution < -0.4 is 15.0 Å². The fourth-order valence-corrected chi connectivity index (χ4v) is 3.97. The van der Waals surface area contributed by atoms with Crippen molar-refractivity contribution in [2.75, 3.05) is 44.7 Å². The molecule has 1 fully saturated rings.